The standard InChI is InChI=1S/C10H18O3/c1-2-13-7-8-3-5-9(6-4-8)10(11)12/h8-9H,2-7H2,1H3,(H,11,12). The first-order valence-electron chi connectivity index (χ1n) is 5.04. The van der Waals surface area contributed by atoms with Gasteiger partial charge in [-0.25, -0.2) is 0 Å². The molecule has 1 N–H and O–H groups in total. The monoisotopic (exact) mass is 186 g/mol. The van der Waals surface area contributed by atoms with E-state index in [4.69, 9.17) is 9.84 Å². The molecule has 0 aromatic carbocycles. The summed E-state index contributed by atoms with van der Waals surface area (Å²) in [7, 11) is 0. The quantitative estimate of drug-likeness (QED) is 0.729. The third kappa shape index (κ3) is 3.35. The smallest absolute Gasteiger partial charge is 0.306 e. The third-order valence-electron chi connectivity index (χ3n) is 2.75. The SMILES string of the molecule is CCOCC1CCC(C(=O)O)CC1. The van der Waals surface area contributed by atoms with Crippen molar-refractivity contribution in [1.29, 1.82) is 0 Å². The molecule has 1 saturated carbocycles. The van der Waals surface area contributed by atoms with E-state index in [0.717, 1.165) is 38.9 Å². The van der Waals surface area contributed by atoms with Gasteiger partial charge >= 0.3 is 5.97 Å². The Hall–Kier alpha value is -0.570. The van der Waals surface area contributed by atoms with E-state index in [1.165, 1.54) is 0 Å². The summed E-state index contributed by atoms with van der Waals surface area (Å²) in [4.78, 5) is 10.6. The summed E-state index contributed by atoms with van der Waals surface area (Å²) in [6.07, 6.45) is 3.67. The lowest BCUT2D eigenvalue weighted by molar-refractivity contribution is -0.143. The van der Waals surface area contributed by atoms with Crippen molar-refractivity contribution in [3.8, 4) is 0 Å². The molecule has 0 saturated heterocycles. The second kappa shape index (κ2) is 5.22. The highest BCUT2D eigenvalue weighted by atomic mass is 16.5. The zero-order valence-corrected chi connectivity index (χ0v) is 8.16. The number of ether oxygens (including phenoxy) is 1. The van der Waals surface area contributed by atoms with E-state index >= 15 is 0 Å². The Morgan fingerprint density at radius 3 is 2.46 bits per heavy atom. The fourth-order valence-electron chi connectivity index (χ4n) is 1.86. The first-order chi connectivity index (χ1) is 6.24. The molecule has 0 heterocycles. The molecule has 1 aliphatic carbocycles. The number of rotatable bonds is 4. The summed E-state index contributed by atoms with van der Waals surface area (Å²) in [5, 5.41) is 8.77. The van der Waals surface area contributed by atoms with Gasteiger partial charge in [0.2, 0.25) is 0 Å². The Morgan fingerprint density at radius 2 is 2.00 bits per heavy atom. The topological polar surface area (TPSA) is 46.5 Å². The molecule has 0 aromatic rings. The summed E-state index contributed by atoms with van der Waals surface area (Å²) in [6, 6.07) is 0. The van der Waals surface area contributed by atoms with Crippen molar-refractivity contribution >= 4 is 5.97 Å². The maximum atomic E-state index is 10.6. The molecule has 0 bridgehead atoms. The Morgan fingerprint density at radius 1 is 1.38 bits per heavy atom. The number of hydrogen-bond donors (Lipinski definition) is 1. The van der Waals surface area contributed by atoms with Crippen LogP contribution in [0.4, 0.5) is 0 Å². The van der Waals surface area contributed by atoms with Gasteiger partial charge in [0, 0.05) is 13.2 Å². The molecule has 1 aliphatic rings. The number of hydrogen-bond acceptors (Lipinski definition) is 2. The molecule has 0 amide bonds. The van der Waals surface area contributed by atoms with Crippen LogP contribution in [0.25, 0.3) is 0 Å². The molecule has 0 radical (unpaired) electrons. The van der Waals surface area contributed by atoms with Gasteiger partial charge in [-0.3, -0.25) is 4.79 Å². The summed E-state index contributed by atoms with van der Waals surface area (Å²) in [5.74, 6) is -0.136. The largest absolute Gasteiger partial charge is 0.481 e. The van der Waals surface area contributed by atoms with Gasteiger partial charge < -0.3 is 9.84 Å². The highest BCUT2D eigenvalue weighted by Crippen LogP contribution is 2.28. The molecule has 76 valence electrons. The minimum absolute atomic E-state index is 0.0992. The molecule has 0 atom stereocenters. The molecule has 0 aliphatic heterocycles. The van der Waals surface area contributed by atoms with Gasteiger partial charge in [0.05, 0.1) is 5.92 Å². The molecular weight excluding hydrogens is 168 g/mol. The van der Waals surface area contributed by atoms with E-state index in [1.54, 1.807) is 0 Å². The van der Waals surface area contributed by atoms with E-state index in [2.05, 4.69) is 0 Å². The molecule has 3 heteroatoms. The van der Waals surface area contributed by atoms with Gasteiger partial charge in [0.15, 0.2) is 0 Å². The van der Waals surface area contributed by atoms with Gasteiger partial charge in [0.25, 0.3) is 0 Å². The van der Waals surface area contributed by atoms with E-state index in [0.29, 0.717) is 5.92 Å². The Balaban J connectivity index is 2.18. The second-order valence-corrected chi connectivity index (χ2v) is 3.72. The number of carboxylic acid groups (broad SMARTS) is 1. The first kappa shape index (κ1) is 10.5. The zero-order chi connectivity index (χ0) is 9.68. The predicted octanol–water partition coefficient (Wildman–Crippen LogP) is 1.91. The Kier molecular flexibility index (Phi) is 4.22. The fourth-order valence-corrected chi connectivity index (χ4v) is 1.86. The van der Waals surface area contributed by atoms with Crippen LogP contribution in [0.3, 0.4) is 0 Å². The van der Waals surface area contributed by atoms with Crippen LogP contribution in [-0.2, 0) is 9.53 Å². The molecule has 0 spiro atoms. The normalized spacial score (nSPS) is 28.7. The molecular formula is C10H18O3. The van der Waals surface area contributed by atoms with Crippen molar-refractivity contribution in [2.24, 2.45) is 11.8 Å². The molecule has 0 aromatic heterocycles. The van der Waals surface area contributed by atoms with Crippen LogP contribution in [0.5, 0.6) is 0 Å². The van der Waals surface area contributed by atoms with Gasteiger partial charge in [-0.2, -0.15) is 0 Å². The molecule has 0 unspecified atom stereocenters. The van der Waals surface area contributed by atoms with Crippen molar-refractivity contribution < 1.29 is 14.6 Å². The van der Waals surface area contributed by atoms with Gasteiger partial charge in [-0.05, 0) is 38.5 Å². The van der Waals surface area contributed by atoms with Gasteiger partial charge in [0.1, 0.15) is 0 Å². The lowest BCUT2D eigenvalue weighted by Gasteiger charge is -2.25. The van der Waals surface area contributed by atoms with Gasteiger partial charge in [-0.15, -0.1) is 0 Å². The van der Waals surface area contributed by atoms with Crippen LogP contribution in [0.15, 0.2) is 0 Å². The Bertz CT molecular complexity index is 160. The van der Waals surface area contributed by atoms with Gasteiger partial charge in [-0.1, -0.05) is 0 Å². The van der Waals surface area contributed by atoms with Crippen LogP contribution in [0.1, 0.15) is 32.6 Å². The highest BCUT2D eigenvalue weighted by molar-refractivity contribution is 5.69. The van der Waals surface area contributed by atoms with E-state index in [1.807, 2.05) is 6.92 Å². The van der Waals surface area contributed by atoms with E-state index in [-0.39, 0.29) is 5.92 Å². The summed E-state index contributed by atoms with van der Waals surface area (Å²) in [5.41, 5.74) is 0. The minimum Gasteiger partial charge on any atom is -0.481 e. The number of carboxylic acids is 1. The van der Waals surface area contributed by atoms with Crippen LogP contribution >= 0.6 is 0 Å². The molecule has 1 rings (SSSR count). The van der Waals surface area contributed by atoms with Crippen molar-refractivity contribution in [3.63, 3.8) is 0 Å². The average molecular weight is 186 g/mol. The van der Waals surface area contributed by atoms with Crippen molar-refractivity contribution in [3.05, 3.63) is 0 Å². The first-order valence-corrected chi connectivity index (χ1v) is 5.04. The summed E-state index contributed by atoms with van der Waals surface area (Å²) >= 11 is 0. The molecule has 13 heavy (non-hydrogen) atoms. The van der Waals surface area contributed by atoms with E-state index < -0.39 is 5.97 Å². The second-order valence-electron chi connectivity index (χ2n) is 3.72. The number of aliphatic carboxylic acids is 1. The maximum absolute atomic E-state index is 10.6. The maximum Gasteiger partial charge on any atom is 0.306 e. The highest BCUT2D eigenvalue weighted by Gasteiger charge is 2.25. The fraction of sp³-hybridized carbons (Fsp3) is 0.900. The van der Waals surface area contributed by atoms with Crippen LogP contribution in [0, 0.1) is 11.8 Å². The zero-order valence-electron chi connectivity index (χ0n) is 8.16. The Labute approximate surface area is 79.1 Å². The van der Waals surface area contributed by atoms with Crippen LogP contribution in [0.2, 0.25) is 0 Å². The van der Waals surface area contributed by atoms with E-state index in [9.17, 15) is 4.79 Å². The molecule has 3 nitrogen and oxygen atoms in total. The van der Waals surface area contributed by atoms with Crippen molar-refractivity contribution in [2.45, 2.75) is 32.6 Å². The number of carbonyl (C=O) groups is 1. The lowest BCUT2D eigenvalue weighted by Crippen LogP contribution is -2.23. The lowest BCUT2D eigenvalue weighted by atomic mass is 9.82. The summed E-state index contributed by atoms with van der Waals surface area (Å²) < 4.78 is 5.32. The average Bonchev–Trinajstić information content (AvgIpc) is 2.15. The third-order valence-corrected chi connectivity index (χ3v) is 2.75. The van der Waals surface area contributed by atoms with Crippen LogP contribution < -0.4 is 0 Å². The van der Waals surface area contributed by atoms with Crippen molar-refractivity contribution in [1.82, 2.24) is 0 Å². The summed E-state index contributed by atoms with van der Waals surface area (Å²) in [6.45, 7) is 3.56. The molecule has 1 fully saturated rings. The van der Waals surface area contributed by atoms with Crippen LogP contribution in [-0.4, -0.2) is 24.3 Å². The predicted molar refractivity (Wildman–Crippen MR) is 49.6 cm³/mol. The van der Waals surface area contributed by atoms with Crippen molar-refractivity contribution in [2.75, 3.05) is 13.2 Å². The minimum atomic E-state index is -0.630.